The predicted molar refractivity (Wildman–Crippen MR) is 58.6 cm³/mol. The summed E-state index contributed by atoms with van der Waals surface area (Å²) in [6, 6.07) is 3.63. The molecule has 0 bridgehead atoms. The largest absolute Gasteiger partial charge is 0.481 e. The molecular formula is C13H14F2O2. The lowest BCUT2D eigenvalue weighted by Crippen LogP contribution is -2.31. The Morgan fingerprint density at radius 2 is 1.76 bits per heavy atom. The lowest BCUT2D eigenvalue weighted by Gasteiger charge is -2.24. The first kappa shape index (κ1) is 12.0. The second kappa shape index (κ2) is 4.43. The van der Waals surface area contributed by atoms with Crippen molar-refractivity contribution in [2.24, 2.45) is 5.41 Å². The number of hydrogen-bond donors (Lipinski definition) is 1. The van der Waals surface area contributed by atoms with E-state index in [-0.39, 0.29) is 12.0 Å². The number of carboxylic acid groups (broad SMARTS) is 1. The first-order chi connectivity index (χ1) is 8.05. The number of carboxylic acids is 1. The third kappa shape index (κ3) is 2.16. The van der Waals surface area contributed by atoms with E-state index in [4.69, 9.17) is 0 Å². The fourth-order valence-corrected chi connectivity index (χ4v) is 2.56. The summed E-state index contributed by atoms with van der Waals surface area (Å²) in [7, 11) is 0. The van der Waals surface area contributed by atoms with Gasteiger partial charge in [-0.15, -0.1) is 0 Å². The fraction of sp³-hybridized carbons (Fsp3) is 0.462. The molecule has 1 aliphatic rings. The molecule has 2 nitrogen and oxygen atoms in total. The number of rotatable bonds is 3. The zero-order valence-corrected chi connectivity index (χ0v) is 9.38. The smallest absolute Gasteiger partial charge is 0.309 e. The Labute approximate surface area is 98.3 Å². The van der Waals surface area contributed by atoms with Gasteiger partial charge in [-0.1, -0.05) is 18.9 Å². The van der Waals surface area contributed by atoms with Gasteiger partial charge in [-0.2, -0.15) is 0 Å². The third-order valence-electron chi connectivity index (χ3n) is 3.59. The summed E-state index contributed by atoms with van der Waals surface area (Å²) in [6.45, 7) is 0. The van der Waals surface area contributed by atoms with Crippen molar-refractivity contribution < 1.29 is 18.7 Å². The molecule has 92 valence electrons. The molecular weight excluding hydrogens is 226 g/mol. The molecule has 1 saturated carbocycles. The van der Waals surface area contributed by atoms with Crippen LogP contribution >= 0.6 is 0 Å². The van der Waals surface area contributed by atoms with Gasteiger partial charge in [0.05, 0.1) is 5.41 Å². The number of benzene rings is 1. The van der Waals surface area contributed by atoms with Crippen LogP contribution in [0.1, 0.15) is 31.2 Å². The zero-order valence-electron chi connectivity index (χ0n) is 9.38. The lowest BCUT2D eigenvalue weighted by atomic mass is 9.80. The van der Waals surface area contributed by atoms with Crippen molar-refractivity contribution in [1.82, 2.24) is 0 Å². The minimum Gasteiger partial charge on any atom is -0.481 e. The van der Waals surface area contributed by atoms with Gasteiger partial charge in [0, 0.05) is 5.56 Å². The van der Waals surface area contributed by atoms with E-state index in [0.717, 1.165) is 12.8 Å². The summed E-state index contributed by atoms with van der Waals surface area (Å²) in [5.41, 5.74) is -1.08. The maximum absolute atomic E-state index is 13.5. The minimum atomic E-state index is -0.983. The van der Waals surface area contributed by atoms with E-state index in [1.54, 1.807) is 0 Å². The van der Waals surface area contributed by atoms with Gasteiger partial charge in [-0.25, -0.2) is 8.78 Å². The van der Waals surface area contributed by atoms with E-state index in [9.17, 15) is 18.7 Å². The standard InChI is InChI=1S/C13H14F2O2/c14-10-4-3-5-11(15)9(10)8-13(12(16)17)6-1-2-7-13/h3-5H,1-2,6-8H2,(H,16,17). The third-order valence-corrected chi connectivity index (χ3v) is 3.59. The van der Waals surface area contributed by atoms with Crippen LogP contribution in [0.15, 0.2) is 18.2 Å². The Hall–Kier alpha value is -1.45. The molecule has 0 spiro atoms. The maximum atomic E-state index is 13.5. The summed E-state index contributed by atoms with van der Waals surface area (Å²) in [6.07, 6.45) is 2.55. The Kier molecular flexibility index (Phi) is 3.13. The van der Waals surface area contributed by atoms with Crippen LogP contribution in [0, 0.1) is 17.0 Å². The van der Waals surface area contributed by atoms with Gasteiger partial charge in [0.25, 0.3) is 0 Å². The van der Waals surface area contributed by atoms with Crippen LogP contribution in [0.5, 0.6) is 0 Å². The SMILES string of the molecule is O=C(O)C1(Cc2c(F)cccc2F)CCCC1. The topological polar surface area (TPSA) is 37.3 Å². The van der Waals surface area contributed by atoms with Gasteiger partial charge in [-0.05, 0) is 31.4 Å². The van der Waals surface area contributed by atoms with Crippen molar-refractivity contribution in [3.63, 3.8) is 0 Å². The molecule has 1 aromatic carbocycles. The van der Waals surface area contributed by atoms with Gasteiger partial charge in [0.2, 0.25) is 0 Å². The molecule has 1 aliphatic carbocycles. The Bertz CT molecular complexity index is 417. The number of aliphatic carboxylic acids is 1. The van der Waals surface area contributed by atoms with Crippen molar-refractivity contribution in [1.29, 1.82) is 0 Å². The number of halogens is 2. The molecule has 4 heteroatoms. The summed E-state index contributed by atoms with van der Waals surface area (Å²) in [4.78, 5) is 11.3. The highest BCUT2D eigenvalue weighted by Crippen LogP contribution is 2.42. The Morgan fingerprint density at radius 3 is 2.24 bits per heavy atom. The van der Waals surface area contributed by atoms with E-state index in [1.807, 2.05) is 0 Å². The van der Waals surface area contributed by atoms with E-state index >= 15 is 0 Å². The first-order valence-electron chi connectivity index (χ1n) is 5.71. The highest BCUT2D eigenvalue weighted by Gasteiger charge is 2.42. The highest BCUT2D eigenvalue weighted by molar-refractivity contribution is 5.75. The maximum Gasteiger partial charge on any atom is 0.309 e. The average Bonchev–Trinajstić information content (AvgIpc) is 2.73. The minimum absolute atomic E-state index is 0.0547. The highest BCUT2D eigenvalue weighted by atomic mass is 19.1. The van der Waals surface area contributed by atoms with E-state index in [0.29, 0.717) is 12.8 Å². The van der Waals surface area contributed by atoms with E-state index in [1.165, 1.54) is 18.2 Å². The molecule has 0 heterocycles. The van der Waals surface area contributed by atoms with Crippen molar-refractivity contribution in [3.05, 3.63) is 35.4 Å². The molecule has 2 rings (SSSR count). The van der Waals surface area contributed by atoms with Crippen LogP contribution < -0.4 is 0 Å². The molecule has 1 N–H and O–H groups in total. The molecule has 0 unspecified atom stereocenters. The fourth-order valence-electron chi connectivity index (χ4n) is 2.56. The van der Waals surface area contributed by atoms with Crippen molar-refractivity contribution in [2.45, 2.75) is 32.1 Å². The molecule has 0 radical (unpaired) electrons. The van der Waals surface area contributed by atoms with Crippen molar-refractivity contribution in [2.75, 3.05) is 0 Å². The summed E-state index contributed by atoms with van der Waals surface area (Å²) < 4.78 is 27.0. The van der Waals surface area contributed by atoms with Crippen LogP contribution in [-0.2, 0) is 11.2 Å². The molecule has 0 amide bonds. The van der Waals surface area contributed by atoms with Gasteiger partial charge in [0.15, 0.2) is 0 Å². The second-order valence-electron chi connectivity index (χ2n) is 4.67. The quantitative estimate of drug-likeness (QED) is 0.881. The molecule has 0 aliphatic heterocycles. The lowest BCUT2D eigenvalue weighted by molar-refractivity contribution is -0.148. The second-order valence-corrected chi connectivity index (χ2v) is 4.67. The normalized spacial score (nSPS) is 18.2. The van der Waals surface area contributed by atoms with Gasteiger partial charge < -0.3 is 5.11 Å². The van der Waals surface area contributed by atoms with Gasteiger partial charge >= 0.3 is 5.97 Å². The molecule has 0 atom stereocenters. The zero-order chi connectivity index (χ0) is 12.5. The molecule has 1 fully saturated rings. The molecule has 1 aromatic rings. The average molecular weight is 240 g/mol. The van der Waals surface area contributed by atoms with Crippen LogP contribution in [0.4, 0.5) is 8.78 Å². The summed E-state index contributed by atoms with van der Waals surface area (Å²) in [5, 5.41) is 9.26. The van der Waals surface area contributed by atoms with Crippen molar-refractivity contribution >= 4 is 5.97 Å². The Balaban J connectivity index is 2.33. The molecule has 0 aromatic heterocycles. The Morgan fingerprint density at radius 1 is 1.24 bits per heavy atom. The predicted octanol–water partition coefficient (Wildman–Crippen LogP) is 3.15. The molecule has 0 saturated heterocycles. The van der Waals surface area contributed by atoms with E-state index in [2.05, 4.69) is 0 Å². The summed E-state index contributed by atoms with van der Waals surface area (Å²) in [5.74, 6) is -2.26. The van der Waals surface area contributed by atoms with Crippen molar-refractivity contribution in [3.8, 4) is 0 Å². The van der Waals surface area contributed by atoms with Crippen LogP contribution in [0.25, 0.3) is 0 Å². The van der Waals surface area contributed by atoms with Gasteiger partial charge in [0.1, 0.15) is 11.6 Å². The summed E-state index contributed by atoms with van der Waals surface area (Å²) >= 11 is 0. The van der Waals surface area contributed by atoms with E-state index < -0.39 is 23.0 Å². The first-order valence-corrected chi connectivity index (χ1v) is 5.71. The monoisotopic (exact) mass is 240 g/mol. The van der Waals surface area contributed by atoms with Crippen LogP contribution in [0.2, 0.25) is 0 Å². The van der Waals surface area contributed by atoms with Crippen LogP contribution in [-0.4, -0.2) is 11.1 Å². The number of carbonyl (C=O) groups is 1. The van der Waals surface area contributed by atoms with Gasteiger partial charge in [-0.3, -0.25) is 4.79 Å². The molecule has 17 heavy (non-hydrogen) atoms. The number of hydrogen-bond acceptors (Lipinski definition) is 1. The van der Waals surface area contributed by atoms with Crippen LogP contribution in [0.3, 0.4) is 0 Å².